The number of carbonyl (C=O) groups is 2. The van der Waals surface area contributed by atoms with Gasteiger partial charge in [-0.1, -0.05) is 0 Å². The van der Waals surface area contributed by atoms with Crippen LogP contribution in [0.5, 0.6) is 0 Å². The minimum absolute atomic E-state index is 0.0638. The van der Waals surface area contributed by atoms with Crippen LogP contribution in [-0.4, -0.2) is 41.5 Å². The molecule has 10 heteroatoms. The van der Waals surface area contributed by atoms with Gasteiger partial charge in [0.15, 0.2) is 0 Å². The number of anilines is 2. The van der Waals surface area contributed by atoms with E-state index in [9.17, 15) is 18.8 Å². The number of benzene rings is 2. The second kappa shape index (κ2) is 8.14. The van der Waals surface area contributed by atoms with Gasteiger partial charge in [0, 0.05) is 28.8 Å². The van der Waals surface area contributed by atoms with Crippen molar-refractivity contribution in [1.82, 2.24) is 9.88 Å². The Morgan fingerprint density at radius 2 is 1.97 bits per heavy atom. The number of cyclic esters (lactones) is 1. The number of thioether (sulfide) groups is 1. The van der Waals surface area contributed by atoms with Crippen LogP contribution >= 0.6 is 11.8 Å². The fraction of sp³-hybridized carbons (Fsp3) is 0.292. The Morgan fingerprint density at radius 1 is 1.12 bits per heavy atom. The molecular weight excluding hydrogens is 459 g/mol. The zero-order valence-corrected chi connectivity index (χ0v) is 18.9. The topological polar surface area (TPSA) is 92.7 Å². The van der Waals surface area contributed by atoms with E-state index in [0.717, 1.165) is 10.3 Å². The van der Waals surface area contributed by atoms with E-state index in [1.165, 1.54) is 23.9 Å². The highest BCUT2D eigenvalue weighted by molar-refractivity contribution is 8.00. The number of fused-ring (bicyclic) bond motifs is 1. The number of hydrogen-bond donors (Lipinski definition) is 2. The second-order valence-corrected chi connectivity index (χ2v) is 9.63. The molecular formula is C24H21FN4O4S. The van der Waals surface area contributed by atoms with E-state index in [-0.39, 0.29) is 29.4 Å². The zero-order chi connectivity index (χ0) is 23.4. The lowest BCUT2D eigenvalue weighted by atomic mass is 10.1. The van der Waals surface area contributed by atoms with Gasteiger partial charge in [-0.3, -0.25) is 14.5 Å². The van der Waals surface area contributed by atoms with Gasteiger partial charge in [-0.05, 0) is 54.8 Å². The molecule has 2 aromatic carbocycles. The van der Waals surface area contributed by atoms with Crippen molar-refractivity contribution in [3.8, 4) is 0 Å². The molecule has 1 fully saturated rings. The van der Waals surface area contributed by atoms with E-state index < -0.39 is 6.09 Å². The third-order valence-electron chi connectivity index (χ3n) is 6.49. The van der Waals surface area contributed by atoms with Crippen molar-refractivity contribution in [3.05, 3.63) is 64.2 Å². The van der Waals surface area contributed by atoms with Crippen molar-refractivity contribution in [2.75, 3.05) is 29.1 Å². The standard InChI is InChI=1S/C24H21FN4O4S/c25-16-4-1-13-2-6-21(31)29-11-18(22(16)23(13)29)26-8-7-15-10-28(24(32)33-15)14-3-5-19-17(9-14)27-20(30)12-34-19/h1-6,9,15,18,26H,7-8,10-12H2,(H,27,30). The molecule has 2 N–H and O–H groups in total. The molecule has 2 amide bonds. The number of pyridine rings is 1. The summed E-state index contributed by atoms with van der Waals surface area (Å²) in [6, 6.07) is 11.5. The molecule has 174 valence electrons. The predicted octanol–water partition coefficient (Wildman–Crippen LogP) is 3.24. The largest absolute Gasteiger partial charge is 0.444 e. The number of hydrogen-bond acceptors (Lipinski definition) is 6. The second-order valence-electron chi connectivity index (χ2n) is 8.61. The number of ether oxygens (including phenoxy) is 1. The fourth-order valence-corrected chi connectivity index (χ4v) is 5.68. The Hall–Kier alpha value is -3.37. The average Bonchev–Trinajstić information content (AvgIpc) is 3.39. The molecule has 0 saturated carbocycles. The molecule has 0 bridgehead atoms. The van der Waals surface area contributed by atoms with Crippen LogP contribution in [0.15, 0.2) is 52.2 Å². The Morgan fingerprint density at radius 3 is 2.85 bits per heavy atom. The molecule has 3 aliphatic rings. The SMILES string of the molecule is O=C1CSc2ccc(N3CC(CCNC4Cn5c(=O)ccc6ccc(F)c4c65)OC3=O)cc2N1. The van der Waals surface area contributed by atoms with Crippen molar-refractivity contribution < 1.29 is 18.7 Å². The molecule has 0 radical (unpaired) electrons. The summed E-state index contributed by atoms with van der Waals surface area (Å²) in [4.78, 5) is 39.0. The third kappa shape index (κ3) is 3.54. The molecule has 1 aromatic heterocycles. The van der Waals surface area contributed by atoms with Crippen molar-refractivity contribution in [2.45, 2.75) is 30.0 Å². The van der Waals surface area contributed by atoms with Gasteiger partial charge in [0.25, 0.3) is 5.56 Å². The van der Waals surface area contributed by atoms with E-state index in [0.29, 0.717) is 54.3 Å². The first-order valence-electron chi connectivity index (χ1n) is 11.1. The van der Waals surface area contributed by atoms with Gasteiger partial charge < -0.3 is 19.9 Å². The molecule has 8 nitrogen and oxygen atoms in total. The van der Waals surface area contributed by atoms with Gasteiger partial charge in [-0.25, -0.2) is 9.18 Å². The Bertz CT molecular complexity index is 1410. The van der Waals surface area contributed by atoms with Crippen molar-refractivity contribution in [3.63, 3.8) is 0 Å². The van der Waals surface area contributed by atoms with Gasteiger partial charge in [0.05, 0.1) is 29.5 Å². The van der Waals surface area contributed by atoms with Crippen LogP contribution in [0.1, 0.15) is 18.0 Å². The average molecular weight is 481 g/mol. The van der Waals surface area contributed by atoms with E-state index >= 15 is 0 Å². The van der Waals surface area contributed by atoms with Crippen LogP contribution in [0.3, 0.4) is 0 Å². The van der Waals surface area contributed by atoms with E-state index in [4.69, 9.17) is 4.74 Å². The van der Waals surface area contributed by atoms with Crippen molar-refractivity contribution in [1.29, 1.82) is 0 Å². The first-order chi connectivity index (χ1) is 16.5. The molecule has 1 saturated heterocycles. The number of nitrogens with one attached hydrogen (secondary N) is 2. The number of carbonyl (C=O) groups excluding carboxylic acids is 2. The number of nitrogens with zero attached hydrogens (tertiary/aromatic N) is 2. The first kappa shape index (κ1) is 21.2. The lowest BCUT2D eigenvalue weighted by Crippen LogP contribution is -2.29. The Kier molecular flexibility index (Phi) is 5.07. The lowest BCUT2D eigenvalue weighted by Gasteiger charge is -2.20. The Labute approximate surface area is 198 Å². The summed E-state index contributed by atoms with van der Waals surface area (Å²) in [5.41, 5.74) is 2.37. The molecule has 0 spiro atoms. The molecule has 3 aromatic rings. The molecule has 34 heavy (non-hydrogen) atoms. The van der Waals surface area contributed by atoms with Crippen LogP contribution in [0.4, 0.5) is 20.6 Å². The summed E-state index contributed by atoms with van der Waals surface area (Å²) < 4.78 is 21.8. The van der Waals surface area contributed by atoms with Crippen LogP contribution in [-0.2, 0) is 16.1 Å². The van der Waals surface area contributed by atoms with Crippen LogP contribution in [0, 0.1) is 5.82 Å². The Balaban J connectivity index is 1.12. The molecule has 4 heterocycles. The summed E-state index contributed by atoms with van der Waals surface area (Å²) in [5, 5.41) is 7.01. The number of halogens is 1. The number of aromatic nitrogens is 1. The van der Waals surface area contributed by atoms with Gasteiger partial charge in [-0.2, -0.15) is 0 Å². The minimum Gasteiger partial charge on any atom is -0.444 e. The van der Waals surface area contributed by atoms with Crippen LogP contribution < -0.4 is 21.1 Å². The first-order valence-corrected chi connectivity index (χ1v) is 12.1. The minimum atomic E-state index is -0.435. The van der Waals surface area contributed by atoms with Crippen LogP contribution in [0.2, 0.25) is 0 Å². The van der Waals surface area contributed by atoms with E-state index in [1.54, 1.807) is 27.7 Å². The highest BCUT2D eigenvalue weighted by Crippen LogP contribution is 2.36. The smallest absolute Gasteiger partial charge is 0.414 e. The fourth-order valence-electron chi connectivity index (χ4n) is 4.89. The maximum atomic E-state index is 14.6. The summed E-state index contributed by atoms with van der Waals surface area (Å²) >= 11 is 1.47. The quantitative estimate of drug-likeness (QED) is 0.583. The third-order valence-corrected chi connectivity index (χ3v) is 7.56. The molecule has 2 unspecified atom stereocenters. The summed E-state index contributed by atoms with van der Waals surface area (Å²) in [6.45, 7) is 1.24. The zero-order valence-electron chi connectivity index (χ0n) is 18.0. The molecule has 3 aliphatic heterocycles. The predicted molar refractivity (Wildman–Crippen MR) is 127 cm³/mol. The monoisotopic (exact) mass is 480 g/mol. The highest BCUT2D eigenvalue weighted by atomic mass is 32.2. The summed E-state index contributed by atoms with van der Waals surface area (Å²) in [5.74, 6) is -0.0178. The van der Waals surface area contributed by atoms with E-state index in [2.05, 4.69) is 10.6 Å². The maximum absolute atomic E-state index is 14.6. The number of amides is 2. The van der Waals surface area contributed by atoms with Gasteiger partial charge in [0.1, 0.15) is 11.9 Å². The number of rotatable bonds is 5. The highest BCUT2D eigenvalue weighted by Gasteiger charge is 2.34. The van der Waals surface area contributed by atoms with Gasteiger partial charge in [0.2, 0.25) is 5.91 Å². The van der Waals surface area contributed by atoms with Crippen LogP contribution in [0.25, 0.3) is 10.9 Å². The summed E-state index contributed by atoms with van der Waals surface area (Å²) in [7, 11) is 0. The summed E-state index contributed by atoms with van der Waals surface area (Å²) in [6.07, 6.45) is -0.221. The van der Waals surface area contributed by atoms with Crippen molar-refractivity contribution in [2.24, 2.45) is 0 Å². The molecule has 0 aliphatic carbocycles. The molecule has 6 rings (SSSR count). The van der Waals surface area contributed by atoms with E-state index in [1.807, 2.05) is 12.1 Å². The molecule has 2 atom stereocenters. The van der Waals surface area contributed by atoms with Gasteiger partial charge in [-0.15, -0.1) is 11.8 Å². The lowest BCUT2D eigenvalue weighted by molar-refractivity contribution is -0.113. The van der Waals surface area contributed by atoms with Crippen molar-refractivity contribution >= 4 is 46.0 Å². The normalized spacial score (nSPS) is 21.0. The maximum Gasteiger partial charge on any atom is 0.414 e. The van der Waals surface area contributed by atoms with Gasteiger partial charge >= 0.3 is 6.09 Å².